The molecule has 25 heavy (non-hydrogen) atoms. The second-order valence-corrected chi connectivity index (χ2v) is 7.06. The first-order chi connectivity index (χ1) is 11.9. The number of anilines is 1. The highest BCUT2D eigenvalue weighted by Crippen LogP contribution is 2.15. The molecule has 2 amide bonds. The van der Waals surface area contributed by atoms with E-state index in [1.807, 2.05) is 0 Å². The Balaban J connectivity index is 1.80. The Labute approximate surface area is 149 Å². The molecule has 0 aliphatic carbocycles. The van der Waals surface area contributed by atoms with Crippen LogP contribution in [0.1, 0.15) is 41.5 Å². The number of hydrogen-bond acceptors (Lipinski definition) is 5. The topological polar surface area (TPSA) is 84.0 Å². The van der Waals surface area contributed by atoms with E-state index in [1.165, 1.54) is 24.3 Å². The zero-order chi connectivity index (χ0) is 18.2. The molecule has 0 saturated carbocycles. The maximum Gasteiger partial charge on any atom is 0.286 e. The van der Waals surface area contributed by atoms with Crippen molar-refractivity contribution in [3.63, 3.8) is 0 Å². The molecule has 0 saturated heterocycles. The average Bonchev–Trinajstić information content (AvgIpc) is 3.04. The minimum atomic E-state index is -0.406. The molecule has 2 aromatic rings. The molecule has 0 aliphatic heterocycles. The molecule has 1 aromatic heterocycles. The Morgan fingerprint density at radius 1 is 1.20 bits per heavy atom. The van der Waals surface area contributed by atoms with Gasteiger partial charge in [-0.15, -0.1) is 10.2 Å². The zero-order valence-corrected chi connectivity index (χ0v) is 15.0. The van der Waals surface area contributed by atoms with Crippen LogP contribution in [0.3, 0.4) is 0 Å². The highest BCUT2D eigenvalue weighted by molar-refractivity contribution is 7.13. The van der Waals surface area contributed by atoms with Gasteiger partial charge in [-0.2, -0.15) is 0 Å². The van der Waals surface area contributed by atoms with Gasteiger partial charge in [0.15, 0.2) is 0 Å². The highest BCUT2D eigenvalue weighted by atomic mass is 32.1. The molecule has 0 radical (unpaired) electrons. The van der Waals surface area contributed by atoms with Crippen molar-refractivity contribution in [2.45, 2.75) is 33.1 Å². The summed E-state index contributed by atoms with van der Waals surface area (Å²) in [6.07, 6.45) is 1.69. The molecule has 0 atom stereocenters. The van der Waals surface area contributed by atoms with Crippen LogP contribution in [0, 0.1) is 11.7 Å². The largest absolute Gasteiger partial charge is 0.356 e. The van der Waals surface area contributed by atoms with Gasteiger partial charge < -0.3 is 10.6 Å². The molecular weight excluding hydrogens is 343 g/mol. The van der Waals surface area contributed by atoms with Gasteiger partial charge in [0.1, 0.15) is 10.8 Å². The van der Waals surface area contributed by atoms with Crippen molar-refractivity contribution in [1.82, 2.24) is 15.5 Å². The Morgan fingerprint density at radius 2 is 1.92 bits per heavy atom. The minimum absolute atomic E-state index is 0.0341. The van der Waals surface area contributed by atoms with E-state index >= 15 is 0 Å². The predicted octanol–water partition coefficient (Wildman–Crippen LogP) is 3.02. The summed E-state index contributed by atoms with van der Waals surface area (Å²) in [6, 6.07) is 5.46. The number of carbonyl (C=O) groups excluding carboxylic acids is 2. The van der Waals surface area contributed by atoms with Crippen LogP contribution in [0.25, 0.3) is 0 Å². The number of carbonyl (C=O) groups is 2. The number of nitrogens with zero attached hydrogens (tertiary/aromatic N) is 2. The van der Waals surface area contributed by atoms with E-state index < -0.39 is 5.91 Å². The van der Waals surface area contributed by atoms with Crippen molar-refractivity contribution >= 4 is 28.8 Å². The summed E-state index contributed by atoms with van der Waals surface area (Å²) < 4.78 is 12.9. The lowest BCUT2D eigenvalue weighted by atomic mass is 10.1. The van der Waals surface area contributed by atoms with Gasteiger partial charge in [-0.05, 0) is 36.6 Å². The maximum absolute atomic E-state index is 12.9. The van der Waals surface area contributed by atoms with Crippen LogP contribution in [-0.2, 0) is 11.2 Å². The molecule has 8 heteroatoms. The second kappa shape index (κ2) is 9.22. The molecule has 134 valence electrons. The summed E-state index contributed by atoms with van der Waals surface area (Å²) in [7, 11) is 0. The highest BCUT2D eigenvalue weighted by Gasteiger charge is 2.14. The fourth-order valence-electron chi connectivity index (χ4n) is 1.97. The number of nitrogens with one attached hydrogen (secondary N) is 2. The van der Waals surface area contributed by atoms with Crippen molar-refractivity contribution in [1.29, 1.82) is 0 Å². The lowest BCUT2D eigenvalue weighted by Gasteiger charge is -2.06. The number of benzene rings is 1. The molecule has 2 N–H and O–H groups in total. The summed E-state index contributed by atoms with van der Waals surface area (Å²) in [6.45, 7) is 4.87. The van der Waals surface area contributed by atoms with Gasteiger partial charge in [-0.1, -0.05) is 25.2 Å². The fourth-order valence-corrected chi connectivity index (χ4v) is 2.71. The molecular formula is C17H21FN4O2S. The van der Waals surface area contributed by atoms with Gasteiger partial charge >= 0.3 is 0 Å². The monoisotopic (exact) mass is 364 g/mol. The summed E-state index contributed by atoms with van der Waals surface area (Å²) >= 11 is 1.15. The number of rotatable bonds is 8. The minimum Gasteiger partial charge on any atom is -0.356 e. The first kappa shape index (κ1) is 19.0. The standard InChI is InChI=1S/C17H21FN4O2S/c1-11(2)9-10-19-14(23)7-8-15-21-22-17(25-15)16(24)20-13-5-3-12(18)4-6-13/h3-6,11H,7-10H2,1-2H3,(H,19,23)(H,20,24). The molecule has 2 rings (SSSR count). The van der Waals surface area contributed by atoms with Crippen molar-refractivity contribution in [2.24, 2.45) is 5.92 Å². The Morgan fingerprint density at radius 3 is 2.60 bits per heavy atom. The van der Waals surface area contributed by atoms with Gasteiger partial charge in [-0.25, -0.2) is 4.39 Å². The summed E-state index contributed by atoms with van der Waals surface area (Å²) in [5.41, 5.74) is 0.479. The number of aromatic nitrogens is 2. The van der Waals surface area contributed by atoms with E-state index in [4.69, 9.17) is 0 Å². The van der Waals surface area contributed by atoms with Crippen molar-refractivity contribution in [2.75, 3.05) is 11.9 Å². The Bertz CT molecular complexity index is 716. The number of halogens is 1. The van der Waals surface area contributed by atoms with Crippen LogP contribution >= 0.6 is 11.3 Å². The van der Waals surface area contributed by atoms with Crippen LogP contribution in [0.15, 0.2) is 24.3 Å². The van der Waals surface area contributed by atoms with Crippen molar-refractivity contribution in [3.8, 4) is 0 Å². The average molecular weight is 364 g/mol. The van der Waals surface area contributed by atoms with Crippen LogP contribution < -0.4 is 10.6 Å². The van der Waals surface area contributed by atoms with E-state index in [2.05, 4.69) is 34.7 Å². The molecule has 6 nitrogen and oxygen atoms in total. The van der Waals surface area contributed by atoms with Crippen LogP contribution in [0.5, 0.6) is 0 Å². The molecule has 1 heterocycles. The molecule has 0 aliphatic rings. The first-order valence-corrected chi connectivity index (χ1v) is 8.91. The van der Waals surface area contributed by atoms with E-state index in [-0.39, 0.29) is 16.7 Å². The third kappa shape index (κ3) is 6.58. The first-order valence-electron chi connectivity index (χ1n) is 8.10. The lowest BCUT2D eigenvalue weighted by Crippen LogP contribution is -2.25. The van der Waals surface area contributed by atoms with Gasteiger partial charge in [0, 0.05) is 25.1 Å². The number of amides is 2. The van der Waals surface area contributed by atoms with Crippen LogP contribution in [0.4, 0.5) is 10.1 Å². The Kier molecular flexibility index (Phi) is 7.00. The lowest BCUT2D eigenvalue weighted by molar-refractivity contribution is -0.121. The summed E-state index contributed by atoms with van der Waals surface area (Å²) in [5.74, 6) is -0.265. The molecule has 0 unspecified atom stereocenters. The normalized spacial score (nSPS) is 10.7. The molecule has 1 aromatic carbocycles. The Hall–Kier alpha value is -2.35. The quantitative estimate of drug-likeness (QED) is 0.754. The third-order valence-corrected chi connectivity index (χ3v) is 4.35. The fraction of sp³-hybridized carbons (Fsp3) is 0.412. The molecule has 0 fully saturated rings. The van der Waals surface area contributed by atoms with Crippen molar-refractivity contribution in [3.05, 3.63) is 40.1 Å². The smallest absolute Gasteiger partial charge is 0.286 e. The summed E-state index contributed by atoms with van der Waals surface area (Å²) in [5, 5.41) is 14.1. The SMILES string of the molecule is CC(C)CCNC(=O)CCc1nnc(C(=O)Nc2ccc(F)cc2)s1. The van der Waals surface area contributed by atoms with Gasteiger partial charge in [0.25, 0.3) is 5.91 Å². The van der Waals surface area contributed by atoms with E-state index in [9.17, 15) is 14.0 Å². The van der Waals surface area contributed by atoms with Gasteiger partial charge in [0.05, 0.1) is 0 Å². The zero-order valence-electron chi connectivity index (χ0n) is 14.2. The van der Waals surface area contributed by atoms with Gasteiger partial charge in [-0.3, -0.25) is 9.59 Å². The maximum atomic E-state index is 12.9. The van der Waals surface area contributed by atoms with Crippen molar-refractivity contribution < 1.29 is 14.0 Å². The number of aryl methyl sites for hydroxylation is 1. The van der Waals surface area contributed by atoms with E-state index in [0.29, 0.717) is 36.0 Å². The number of hydrogen-bond donors (Lipinski definition) is 2. The van der Waals surface area contributed by atoms with E-state index in [0.717, 1.165) is 17.8 Å². The predicted molar refractivity (Wildman–Crippen MR) is 95.0 cm³/mol. The second-order valence-electron chi connectivity index (χ2n) is 5.99. The van der Waals surface area contributed by atoms with Crippen LogP contribution in [0.2, 0.25) is 0 Å². The van der Waals surface area contributed by atoms with Crippen LogP contribution in [-0.4, -0.2) is 28.6 Å². The van der Waals surface area contributed by atoms with Gasteiger partial charge in [0.2, 0.25) is 10.9 Å². The third-order valence-electron chi connectivity index (χ3n) is 3.37. The molecule has 0 bridgehead atoms. The molecule has 0 spiro atoms. The summed E-state index contributed by atoms with van der Waals surface area (Å²) in [4.78, 5) is 23.8. The van der Waals surface area contributed by atoms with E-state index in [1.54, 1.807) is 0 Å².